The highest BCUT2D eigenvalue weighted by Gasteiger charge is 2.37. The molecular weight excluding hydrogens is 866 g/mol. The largest absolute Gasteiger partial charge is 0.416 e. The van der Waals surface area contributed by atoms with Gasteiger partial charge in [-0.15, -0.1) is 0 Å². The van der Waals surface area contributed by atoms with Crippen molar-refractivity contribution in [2.45, 2.75) is 62.1 Å². The van der Waals surface area contributed by atoms with Gasteiger partial charge in [0.25, 0.3) is 0 Å². The first-order chi connectivity index (χ1) is 32.3. The molecule has 4 nitrogen and oxygen atoms in total. The molecule has 0 unspecified atom stereocenters. The Hall–Kier alpha value is -5.85. The van der Waals surface area contributed by atoms with Crippen LogP contribution in [0, 0.1) is 5.82 Å². The Morgan fingerprint density at radius 3 is 1.46 bits per heavy atom. The SMILES string of the molecule is Fc1ccc(-c2cc(COCC3(c4cccc(-c5cccc6c(-c7cc(COCC8(c9ccccc9)CCNCC8)cc(C(F)(F)F)c7)cccc56)c4)CCNCC3)cc(C(F)(F)F)c2)cc1. The lowest BCUT2D eigenvalue weighted by molar-refractivity contribution is -0.138. The molecule has 2 aliphatic rings. The lowest BCUT2D eigenvalue weighted by Crippen LogP contribution is -2.43. The Bertz CT molecular complexity index is 2810. The monoisotopic (exact) mass is 916 g/mol. The molecule has 67 heavy (non-hydrogen) atoms. The van der Waals surface area contributed by atoms with E-state index in [1.807, 2.05) is 66.7 Å². The maximum atomic E-state index is 14.6. The minimum atomic E-state index is -4.59. The number of benzene rings is 7. The topological polar surface area (TPSA) is 42.5 Å². The van der Waals surface area contributed by atoms with Gasteiger partial charge >= 0.3 is 12.4 Å². The van der Waals surface area contributed by atoms with Crippen LogP contribution in [0.1, 0.15) is 59.1 Å². The molecule has 0 aliphatic carbocycles. The van der Waals surface area contributed by atoms with Crippen LogP contribution < -0.4 is 10.6 Å². The summed E-state index contributed by atoms with van der Waals surface area (Å²) in [7, 11) is 0. The van der Waals surface area contributed by atoms with Crippen LogP contribution in [0.25, 0.3) is 44.2 Å². The summed E-state index contributed by atoms with van der Waals surface area (Å²) in [5.41, 5.74) is 4.49. The molecule has 2 fully saturated rings. The fraction of sp³-hybridized carbons (Fsp3) is 0.286. The second-order valence-electron chi connectivity index (χ2n) is 18.0. The zero-order valence-corrected chi connectivity index (χ0v) is 36.9. The van der Waals surface area contributed by atoms with Crippen molar-refractivity contribution in [2.24, 2.45) is 0 Å². The van der Waals surface area contributed by atoms with Crippen LogP contribution in [0.5, 0.6) is 0 Å². The number of nitrogens with one attached hydrogen (secondary N) is 2. The summed E-state index contributed by atoms with van der Waals surface area (Å²) in [5, 5.41) is 8.52. The summed E-state index contributed by atoms with van der Waals surface area (Å²) < 4.78 is 112. The number of piperidine rings is 2. The van der Waals surface area contributed by atoms with Crippen molar-refractivity contribution in [1.82, 2.24) is 10.6 Å². The highest BCUT2D eigenvalue weighted by molar-refractivity contribution is 6.04. The van der Waals surface area contributed by atoms with E-state index in [1.54, 1.807) is 12.1 Å². The number of halogens is 7. The zero-order valence-electron chi connectivity index (χ0n) is 36.9. The summed E-state index contributed by atoms with van der Waals surface area (Å²) in [6.45, 7) is 3.72. The molecule has 9 rings (SSSR count). The molecule has 0 saturated carbocycles. The summed E-state index contributed by atoms with van der Waals surface area (Å²) >= 11 is 0. The molecule has 0 aromatic heterocycles. The van der Waals surface area contributed by atoms with Crippen molar-refractivity contribution in [3.63, 3.8) is 0 Å². The molecule has 2 aliphatic heterocycles. The van der Waals surface area contributed by atoms with Crippen LogP contribution in [0.15, 0.2) is 152 Å². The molecule has 2 heterocycles. The molecule has 346 valence electrons. The second-order valence-corrected chi connectivity index (χ2v) is 18.0. The summed E-state index contributed by atoms with van der Waals surface area (Å²) in [4.78, 5) is 0. The third-order valence-electron chi connectivity index (χ3n) is 13.6. The van der Waals surface area contributed by atoms with Crippen molar-refractivity contribution < 1.29 is 40.2 Å². The van der Waals surface area contributed by atoms with Gasteiger partial charge in [-0.2, -0.15) is 26.3 Å². The van der Waals surface area contributed by atoms with Crippen molar-refractivity contribution in [3.8, 4) is 33.4 Å². The predicted octanol–water partition coefficient (Wildman–Crippen LogP) is 13.7. The summed E-state index contributed by atoms with van der Waals surface area (Å²) in [6, 6.07) is 43.4. The molecule has 2 N–H and O–H groups in total. The first kappa shape index (κ1) is 46.3. The molecule has 0 atom stereocenters. The van der Waals surface area contributed by atoms with E-state index in [2.05, 4.69) is 34.9 Å². The molecule has 2 saturated heterocycles. The Morgan fingerprint density at radius 1 is 0.433 bits per heavy atom. The van der Waals surface area contributed by atoms with Crippen molar-refractivity contribution in [1.29, 1.82) is 0 Å². The van der Waals surface area contributed by atoms with Gasteiger partial charge in [0.15, 0.2) is 0 Å². The average Bonchev–Trinajstić information content (AvgIpc) is 3.34. The van der Waals surface area contributed by atoms with Crippen LogP contribution in [-0.2, 0) is 45.9 Å². The third kappa shape index (κ3) is 10.4. The Balaban J connectivity index is 0.993. The van der Waals surface area contributed by atoms with Gasteiger partial charge in [-0.1, -0.05) is 103 Å². The Labute approximate surface area is 386 Å². The quantitative estimate of drug-likeness (QED) is 0.113. The lowest BCUT2D eigenvalue weighted by Gasteiger charge is -2.38. The fourth-order valence-electron chi connectivity index (χ4n) is 10.0. The van der Waals surface area contributed by atoms with Gasteiger partial charge in [-0.3, -0.25) is 0 Å². The normalized spacial score (nSPS) is 16.3. The van der Waals surface area contributed by atoms with E-state index in [0.717, 1.165) is 91.5 Å². The van der Waals surface area contributed by atoms with Crippen molar-refractivity contribution >= 4 is 10.8 Å². The highest BCUT2D eigenvalue weighted by atomic mass is 19.4. The van der Waals surface area contributed by atoms with E-state index < -0.39 is 34.7 Å². The van der Waals surface area contributed by atoms with E-state index in [1.165, 1.54) is 42.0 Å². The van der Waals surface area contributed by atoms with E-state index in [0.29, 0.717) is 40.0 Å². The minimum absolute atomic E-state index is 0.0275. The molecule has 11 heteroatoms. The van der Waals surface area contributed by atoms with E-state index in [-0.39, 0.29) is 25.2 Å². The number of rotatable bonds is 13. The molecular formula is C56H51F7N2O2. The van der Waals surface area contributed by atoms with Gasteiger partial charge in [0.2, 0.25) is 0 Å². The van der Waals surface area contributed by atoms with Gasteiger partial charge in [0, 0.05) is 10.8 Å². The molecule has 0 radical (unpaired) electrons. The standard InChI is InChI=1S/C56H51F7N2O2/c57-48-17-15-40(16-18-48)42-27-38(29-46(32-42)55(58,59)60)34-67-37-54(21-25-65-26-22-54)45-10-4-7-41(31-45)49-11-5-14-52-50(12-6-13-51(49)52)43-28-39(30-47(33-43)56(61,62)63)35-66-36-53(19-23-64-24-20-53)44-8-2-1-3-9-44/h1-18,27-33,64-65H,19-26,34-37H2. The Morgan fingerprint density at radius 2 is 0.910 bits per heavy atom. The predicted molar refractivity (Wildman–Crippen MR) is 250 cm³/mol. The average molecular weight is 917 g/mol. The zero-order chi connectivity index (χ0) is 46.7. The van der Waals surface area contributed by atoms with E-state index in [9.17, 15) is 30.7 Å². The first-order valence-electron chi connectivity index (χ1n) is 22.7. The van der Waals surface area contributed by atoms with E-state index >= 15 is 0 Å². The number of alkyl halides is 6. The number of ether oxygens (including phenoxy) is 2. The number of fused-ring (bicyclic) bond motifs is 1. The fourth-order valence-corrected chi connectivity index (χ4v) is 10.0. The first-order valence-corrected chi connectivity index (χ1v) is 22.7. The minimum Gasteiger partial charge on any atom is -0.376 e. The Kier molecular flexibility index (Phi) is 13.4. The number of hydrogen-bond acceptors (Lipinski definition) is 4. The number of hydrogen-bond donors (Lipinski definition) is 2. The van der Waals surface area contributed by atoms with Gasteiger partial charge in [-0.05, 0) is 167 Å². The van der Waals surface area contributed by atoms with Crippen LogP contribution in [0.2, 0.25) is 0 Å². The smallest absolute Gasteiger partial charge is 0.376 e. The van der Waals surface area contributed by atoms with Gasteiger partial charge in [0.1, 0.15) is 5.82 Å². The molecule has 7 aromatic carbocycles. The highest BCUT2D eigenvalue weighted by Crippen LogP contribution is 2.42. The third-order valence-corrected chi connectivity index (χ3v) is 13.6. The van der Waals surface area contributed by atoms with E-state index in [4.69, 9.17) is 9.47 Å². The lowest BCUT2D eigenvalue weighted by atomic mass is 9.73. The van der Waals surface area contributed by atoms with Gasteiger partial charge < -0.3 is 20.1 Å². The molecule has 7 aromatic rings. The van der Waals surface area contributed by atoms with Gasteiger partial charge in [-0.25, -0.2) is 4.39 Å². The van der Waals surface area contributed by atoms with Crippen LogP contribution in [-0.4, -0.2) is 39.4 Å². The van der Waals surface area contributed by atoms with Crippen LogP contribution in [0.4, 0.5) is 30.7 Å². The molecule has 0 amide bonds. The maximum absolute atomic E-state index is 14.6. The second kappa shape index (κ2) is 19.4. The van der Waals surface area contributed by atoms with Crippen LogP contribution in [0.3, 0.4) is 0 Å². The van der Waals surface area contributed by atoms with Gasteiger partial charge in [0.05, 0.1) is 37.6 Å². The molecule has 0 bridgehead atoms. The van der Waals surface area contributed by atoms with Crippen molar-refractivity contribution in [2.75, 3.05) is 39.4 Å². The van der Waals surface area contributed by atoms with Crippen molar-refractivity contribution in [3.05, 3.63) is 191 Å². The summed E-state index contributed by atoms with van der Waals surface area (Å²) in [5.74, 6) is -0.480. The molecule has 0 spiro atoms. The van der Waals surface area contributed by atoms with Crippen LogP contribution >= 0.6 is 0 Å². The maximum Gasteiger partial charge on any atom is 0.416 e. The summed E-state index contributed by atoms with van der Waals surface area (Å²) in [6.07, 6.45) is -5.98.